The molecule has 0 atom stereocenters. The number of carbonyl (C=O) groups is 1. The number of para-hydroxylation sites is 1. The number of hydrogen-bond donors (Lipinski definition) is 1. The lowest BCUT2D eigenvalue weighted by Crippen LogP contribution is -2.21. The van der Waals surface area contributed by atoms with E-state index in [0.29, 0.717) is 21.9 Å². The van der Waals surface area contributed by atoms with Crippen LogP contribution < -0.4 is 5.73 Å². The first kappa shape index (κ1) is 14.0. The average molecular weight is 308 g/mol. The maximum absolute atomic E-state index is 11.2. The van der Waals surface area contributed by atoms with Crippen LogP contribution in [0.15, 0.2) is 53.9 Å². The first-order valence-electron chi connectivity index (χ1n) is 6.53. The van der Waals surface area contributed by atoms with Gasteiger partial charge in [-0.2, -0.15) is 5.26 Å². The highest BCUT2D eigenvalue weighted by Gasteiger charge is 2.18. The van der Waals surface area contributed by atoms with E-state index >= 15 is 0 Å². The molecule has 0 saturated heterocycles. The van der Waals surface area contributed by atoms with Crippen molar-refractivity contribution in [3.63, 3.8) is 0 Å². The number of benzene rings is 1. The number of primary amides is 1. The number of hydrogen-bond acceptors (Lipinski definition) is 5. The molecular formula is C16H12N4OS. The summed E-state index contributed by atoms with van der Waals surface area (Å²) < 4.78 is 1.03. The van der Waals surface area contributed by atoms with E-state index in [1.807, 2.05) is 24.3 Å². The van der Waals surface area contributed by atoms with Crippen molar-refractivity contribution in [3.8, 4) is 6.07 Å². The number of fused-ring (bicyclic) bond motifs is 1. The predicted molar refractivity (Wildman–Crippen MR) is 86.3 cm³/mol. The number of allylic oxidation sites excluding steroid dienone is 2. The van der Waals surface area contributed by atoms with Gasteiger partial charge in [-0.3, -0.25) is 4.79 Å². The lowest BCUT2D eigenvalue weighted by atomic mass is 10.1. The summed E-state index contributed by atoms with van der Waals surface area (Å²) in [7, 11) is 1.77. The van der Waals surface area contributed by atoms with Crippen molar-refractivity contribution < 1.29 is 4.79 Å². The number of aromatic nitrogens is 1. The molecular weight excluding hydrogens is 296 g/mol. The van der Waals surface area contributed by atoms with Gasteiger partial charge in [-0.25, -0.2) is 4.98 Å². The molecule has 0 aliphatic carbocycles. The first-order chi connectivity index (χ1) is 10.6. The van der Waals surface area contributed by atoms with Gasteiger partial charge in [0, 0.05) is 13.2 Å². The predicted octanol–water partition coefficient (Wildman–Crippen LogP) is 2.40. The normalized spacial score (nSPS) is 16.4. The number of thiazole rings is 1. The van der Waals surface area contributed by atoms with Crippen molar-refractivity contribution in [2.75, 3.05) is 7.05 Å². The van der Waals surface area contributed by atoms with Crippen LogP contribution in [0.2, 0.25) is 0 Å². The van der Waals surface area contributed by atoms with Crippen LogP contribution in [0.1, 0.15) is 5.01 Å². The first-order valence-corrected chi connectivity index (χ1v) is 7.34. The van der Waals surface area contributed by atoms with Gasteiger partial charge in [0.1, 0.15) is 16.6 Å². The second kappa shape index (κ2) is 5.47. The molecule has 1 aliphatic rings. The second-order valence-electron chi connectivity index (χ2n) is 4.75. The molecule has 6 heteroatoms. The largest absolute Gasteiger partial charge is 0.366 e. The van der Waals surface area contributed by atoms with Crippen molar-refractivity contribution in [1.82, 2.24) is 9.88 Å². The van der Waals surface area contributed by atoms with Crippen molar-refractivity contribution in [1.29, 1.82) is 5.26 Å². The zero-order chi connectivity index (χ0) is 15.7. The Kier molecular flexibility index (Phi) is 3.49. The Morgan fingerprint density at radius 3 is 2.77 bits per heavy atom. The van der Waals surface area contributed by atoms with Gasteiger partial charge in [0.25, 0.3) is 0 Å². The molecule has 5 nitrogen and oxygen atoms in total. The summed E-state index contributed by atoms with van der Waals surface area (Å²) in [5.41, 5.74) is 7.69. The molecule has 0 radical (unpaired) electrons. The fourth-order valence-electron chi connectivity index (χ4n) is 2.21. The number of nitrogens with two attached hydrogens (primary N) is 1. The minimum atomic E-state index is -0.499. The molecule has 1 amide bonds. The zero-order valence-corrected chi connectivity index (χ0v) is 12.6. The molecule has 0 bridgehead atoms. The summed E-state index contributed by atoms with van der Waals surface area (Å²) in [6.45, 7) is 0. The van der Waals surface area contributed by atoms with Gasteiger partial charge < -0.3 is 10.6 Å². The van der Waals surface area contributed by atoms with Crippen LogP contribution in [0.5, 0.6) is 0 Å². The number of nitriles is 1. The molecule has 0 saturated carbocycles. The quantitative estimate of drug-likeness (QED) is 0.864. The number of nitrogens with zero attached hydrogens (tertiary/aromatic N) is 3. The fraction of sp³-hybridized carbons (Fsp3) is 0.0625. The number of rotatable bonds is 2. The van der Waals surface area contributed by atoms with Gasteiger partial charge in [0.15, 0.2) is 0 Å². The summed E-state index contributed by atoms with van der Waals surface area (Å²) in [6.07, 6.45) is 4.94. The van der Waals surface area contributed by atoms with E-state index in [2.05, 4.69) is 11.1 Å². The smallest absolute Gasteiger partial charge is 0.250 e. The highest BCUT2D eigenvalue weighted by Crippen LogP contribution is 2.31. The van der Waals surface area contributed by atoms with Crippen molar-refractivity contribution >= 4 is 33.0 Å². The number of amides is 1. The van der Waals surface area contributed by atoms with Crippen molar-refractivity contribution in [3.05, 3.63) is 58.9 Å². The topological polar surface area (TPSA) is 83.0 Å². The van der Waals surface area contributed by atoms with Gasteiger partial charge >= 0.3 is 0 Å². The van der Waals surface area contributed by atoms with Crippen molar-refractivity contribution in [2.24, 2.45) is 5.73 Å². The molecule has 3 rings (SSSR count). The number of likely N-dealkylation sites (N-methyl/N-ethyl adjacent to an activating group) is 1. The third-order valence-corrected chi connectivity index (χ3v) is 4.35. The van der Waals surface area contributed by atoms with Crippen LogP contribution in [0, 0.1) is 11.3 Å². The van der Waals surface area contributed by atoms with Gasteiger partial charge in [0.2, 0.25) is 5.91 Å². The van der Waals surface area contributed by atoms with Gasteiger partial charge in [-0.1, -0.05) is 12.1 Å². The highest BCUT2D eigenvalue weighted by atomic mass is 32.1. The Morgan fingerprint density at radius 2 is 2.14 bits per heavy atom. The Labute approximate surface area is 131 Å². The minimum absolute atomic E-state index is 0.396. The Bertz CT molecular complexity index is 865. The van der Waals surface area contributed by atoms with Crippen molar-refractivity contribution in [2.45, 2.75) is 0 Å². The summed E-state index contributed by atoms with van der Waals surface area (Å²) >= 11 is 1.47. The van der Waals surface area contributed by atoms with Crippen LogP contribution in [-0.4, -0.2) is 22.8 Å². The Morgan fingerprint density at radius 1 is 1.36 bits per heavy atom. The van der Waals surface area contributed by atoms with E-state index in [4.69, 9.17) is 5.73 Å². The fourth-order valence-corrected chi connectivity index (χ4v) is 3.18. The molecule has 0 spiro atoms. The highest BCUT2D eigenvalue weighted by molar-refractivity contribution is 7.19. The molecule has 0 unspecified atom stereocenters. The molecule has 2 N–H and O–H groups in total. The molecule has 1 aliphatic heterocycles. The standard InChI is InChI=1S/C16H12N4OS/c1-20-9-10(15(18)21)6-7-13(20)11(8-17)16-19-12-4-2-3-5-14(12)22-16/h2-7,9H,1H3,(H2,18,21). The maximum atomic E-state index is 11.2. The average Bonchev–Trinajstić information content (AvgIpc) is 2.93. The summed E-state index contributed by atoms with van der Waals surface area (Å²) in [5, 5.41) is 10.2. The second-order valence-corrected chi connectivity index (χ2v) is 5.78. The Balaban J connectivity index is 2.10. The summed E-state index contributed by atoms with van der Waals surface area (Å²) in [4.78, 5) is 17.4. The molecule has 22 heavy (non-hydrogen) atoms. The number of carbonyl (C=O) groups excluding carboxylic acids is 1. The lowest BCUT2D eigenvalue weighted by Gasteiger charge is -2.21. The molecule has 108 valence electrons. The molecule has 1 aromatic heterocycles. The van der Waals surface area contributed by atoms with Crippen LogP contribution >= 0.6 is 11.3 Å². The van der Waals surface area contributed by atoms with Crippen LogP contribution in [0.25, 0.3) is 15.8 Å². The van der Waals surface area contributed by atoms with Crippen LogP contribution in [-0.2, 0) is 4.79 Å². The molecule has 2 heterocycles. The van der Waals surface area contributed by atoms with Crippen LogP contribution in [0.4, 0.5) is 0 Å². The molecule has 1 aromatic carbocycles. The van der Waals surface area contributed by atoms with E-state index in [0.717, 1.165) is 10.2 Å². The van der Waals surface area contributed by atoms with E-state index in [1.165, 1.54) is 11.3 Å². The van der Waals surface area contributed by atoms with Gasteiger partial charge in [0.05, 0.1) is 21.5 Å². The van der Waals surface area contributed by atoms with E-state index < -0.39 is 5.91 Å². The monoisotopic (exact) mass is 308 g/mol. The summed E-state index contributed by atoms with van der Waals surface area (Å²) in [6, 6.07) is 9.96. The Hall–Kier alpha value is -2.91. The van der Waals surface area contributed by atoms with Gasteiger partial charge in [-0.05, 0) is 24.3 Å². The maximum Gasteiger partial charge on any atom is 0.250 e. The minimum Gasteiger partial charge on any atom is -0.366 e. The van der Waals surface area contributed by atoms with E-state index in [-0.39, 0.29) is 0 Å². The molecule has 2 aromatic rings. The van der Waals surface area contributed by atoms with Crippen LogP contribution in [0.3, 0.4) is 0 Å². The van der Waals surface area contributed by atoms with Gasteiger partial charge in [-0.15, -0.1) is 11.3 Å². The third-order valence-electron chi connectivity index (χ3n) is 3.29. The van der Waals surface area contributed by atoms with E-state index in [9.17, 15) is 10.1 Å². The molecule has 0 fully saturated rings. The van der Waals surface area contributed by atoms with E-state index in [1.54, 1.807) is 30.3 Å². The SMILES string of the molecule is CN1C=C(C(N)=O)C=CC1=C(C#N)c1nc2ccccc2s1. The third kappa shape index (κ3) is 2.38. The zero-order valence-electron chi connectivity index (χ0n) is 11.8. The summed E-state index contributed by atoms with van der Waals surface area (Å²) in [5.74, 6) is -0.499. The lowest BCUT2D eigenvalue weighted by molar-refractivity contribution is -0.114.